The van der Waals surface area contributed by atoms with Crippen molar-refractivity contribution >= 4 is 22.7 Å². The highest BCUT2D eigenvalue weighted by Crippen LogP contribution is 2.22. The molecule has 1 N–H and O–H groups in total. The van der Waals surface area contributed by atoms with Crippen molar-refractivity contribution in [3.63, 3.8) is 0 Å². The molecule has 0 atom stereocenters. The molecule has 0 bridgehead atoms. The molecule has 3 rings (SSSR count). The quantitative estimate of drug-likeness (QED) is 0.800. The highest BCUT2D eigenvalue weighted by molar-refractivity contribution is 6.09. The largest absolute Gasteiger partial charge is 0.348 e. The molecule has 0 aliphatic heterocycles. The minimum Gasteiger partial charge on any atom is -0.348 e. The van der Waals surface area contributed by atoms with Crippen LogP contribution in [-0.2, 0) is 6.54 Å². The number of carbonyl (C=O) groups is 2. The smallest absolute Gasteiger partial charge is 0.253 e. The van der Waals surface area contributed by atoms with Crippen molar-refractivity contribution in [3.8, 4) is 0 Å². The third-order valence-electron chi connectivity index (χ3n) is 3.72. The van der Waals surface area contributed by atoms with Crippen molar-refractivity contribution in [3.05, 3.63) is 71.4 Å². The van der Waals surface area contributed by atoms with Crippen LogP contribution in [0.2, 0.25) is 0 Å². The summed E-state index contributed by atoms with van der Waals surface area (Å²) in [5.74, 6) is -1.56. The van der Waals surface area contributed by atoms with Gasteiger partial charge in [-0.25, -0.2) is 8.78 Å². The number of hydrogen-bond acceptors (Lipinski definition) is 2. The molecular formula is C18H14F2N2O2. The van der Waals surface area contributed by atoms with Crippen molar-refractivity contribution in [1.82, 2.24) is 9.88 Å². The van der Waals surface area contributed by atoms with Gasteiger partial charge in [-0.3, -0.25) is 14.2 Å². The molecule has 2 aromatic carbocycles. The third kappa shape index (κ3) is 3.03. The number of carbonyl (C=O) groups excluding carboxylic acids is 2. The lowest BCUT2D eigenvalue weighted by atomic mass is 10.1. The number of rotatable bonds is 3. The SMILES string of the molecule is CC(=O)n1cc(C(=O)NCc2ccc(F)cc2)c2cc(F)ccc21. The lowest BCUT2D eigenvalue weighted by Gasteiger charge is -2.04. The second-order valence-corrected chi connectivity index (χ2v) is 5.40. The minimum absolute atomic E-state index is 0.196. The summed E-state index contributed by atoms with van der Waals surface area (Å²) in [5, 5.41) is 3.05. The second-order valence-electron chi connectivity index (χ2n) is 5.40. The molecule has 0 unspecified atom stereocenters. The molecule has 24 heavy (non-hydrogen) atoms. The lowest BCUT2D eigenvalue weighted by Crippen LogP contribution is -2.22. The van der Waals surface area contributed by atoms with Gasteiger partial charge in [0.05, 0.1) is 11.1 Å². The summed E-state index contributed by atoms with van der Waals surface area (Å²) in [4.78, 5) is 24.1. The van der Waals surface area contributed by atoms with Gasteiger partial charge in [-0.2, -0.15) is 0 Å². The van der Waals surface area contributed by atoms with Crippen molar-refractivity contribution in [2.75, 3.05) is 0 Å². The first kappa shape index (κ1) is 15.9. The number of benzene rings is 2. The van der Waals surface area contributed by atoms with Gasteiger partial charge in [0.1, 0.15) is 11.6 Å². The van der Waals surface area contributed by atoms with E-state index in [-0.39, 0.29) is 23.8 Å². The molecule has 6 heteroatoms. The minimum atomic E-state index is -0.489. The van der Waals surface area contributed by atoms with Crippen LogP contribution in [0, 0.1) is 11.6 Å². The fraction of sp³-hybridized carbons (Fsp3) is 0.111. The average Bonchev–Trinajstić information content (AvgIpc) is 2.93. The molecule has 3 aromatic rings. The topological polar surface area (TPSA) is 51.1 Å². The van der Waals surface area contributed by atoms with E-state index in [1.54, 1.807) is 12.1 Å². The van der Waals surface area contributed by atoms with Crippen molar-refractivity contribution < 1.29 is 18.4 Å². The van der Waals surface area contributed by atoms with E-state index in [1.165, 1.54) is 48.0 Å². The van der Waals surface area contributed by atoms with Crippen molar-refractivity contribution in [2.24, 2.45) is 0 Å². The van der Waals surface area contributed by atoms with E-state index < -0.39 is 11.7 Å². The first-order valence-electron chi connectivity index (χ1n) is 7.30. The summed E-state index contributed by atoms with van der Waals surface area (Å²) in [6.45, 7) is 1.56. The Morgan fingerprint density at radius 1 is 1.04 bits per heavy atom. The Hall–Kier alpha value is -3.02. The van der Waals surface area contributed by atoms with Gasteiger partial charge in [0.25, 0.3) is 5.91 Å². The molecule has 0 fully saturated rings. The standard InChI is InChI=1S/C18H14F2N2O2/c1-11(23)22-10-16(15-8-14(20)6-7-17(15)22)18(24)21-9-12-2-4-13(19)5-3-12/h2-8,10H,9H2,1H3,(H,21,24). The van der Waals surface area contributed by atoms with Crippen molar-refractivity contribution in [1.29, 1.82) is 0 Å². The Kier molecular flexibility index (Phi) is 4.12. The Morgan fingerprint density at radius 2 is 1.71 bits per heavy atom. The summed E-state index contributed by atoms with van der Waals surface area (Å²) >= 11 is 0. The van der Waals surface area contributed by atoms with E-state index in [4.69, 9.17) is 0 Å². The Morgan fingerprint density at radius 3 is 2.38 bits per heavy atom. The predicted octanol–water partition coefficient (Wildman–Crippen LogP) is 3.51. The Labute approximate surface area is 136 Å². The fourth-order valence-electron chi connectivity index (χ4n) is 2.52. The van der Waals surface area contributed by atoms with Crippen LogP contribution in [0.5, 0.6) is 0 Å². The van der Waals surface area contributed by atoms with Gasteiger partial charge in [0.15, 0.2) is 0 Å². The molecule has 4 nitrogen and oxygen atoms in total. The highest BCUT2D eigenvalue weighted by atomic mass is 19.1. The van der Waals surface area contributed by atoms with Gasteiger partial charge in [0.2, 0.25) is 5.91 Å². The number of aromatic nitrogens is 1. The molecule has 1 amide bonds. The first-order valence-corrected chi connectivity index (χ1v) is 7.30. The number of hydrogen-bond donors (Lipinski definition) is 1. The third-order valence-corrected chi connectivity index (χ3v) is 3.72. The van der Waals surface area contributed by atoms with Crippen LogP contribution in [0.4, 0.5) is 8.78 Å². The van der Waals surface area contributed by atoms with Crippen LogP contribution >= 0.6 is 0 Å². The van der Waals surface area contributed by atoms with E-state index in [1.807, 2.05) is 0 Å². The van der Waals surface area contributed by atoms with E-state index >= 15 is 0 Å². The summed E-state index contributed by atoms with van der Waals surface area (Å²) in [6, 6.07) is 9.66. The first-order chi connectivity index (χ1) is 11.5. The summed E-state index contributed by atoms with van der Waals surface area (Å²) in [6.07, 6.45) is 1.40. The fourth-order valence-corrected chi connectivity index (χ4v) is 2.52. The number of nitrogens with one attached hydrogen (secondary N) is 1. The van der Waals surface area contributed by atoms with E-state index in [2.05, 4.69) is 5.32 Å². The van der Waals surface area contributed by atoms with Crippen LogP contribution in [0.15, 0.2) is 48.7 Å². The zero-order valence-electron chi connectivity index (χ0n) is 12.8. The van der Waals surface area contributed by atoms with E-state index in [0.29, 0.717) is 10.9 Å². The molecule has 0 radical (unpaired) electrons. The molecule has 0 saturated heterocycles. The van der Waals surface area contributed by atoms with Gasteiger partial charge < -0.3 is 5.32 Å². The second kappa shape index (κ2) is 6.23. The normalized spacial score (nSPS) is 10.8. The lowest BCUT2D eigenvalue weighted by molar-refractivity contribution is 0.0941. The summed E-state index contributed by atoms with van der Waals surface area (Å²) < 4.78 is 27.7. The van der Waals surface area contributed by atoms with Crippen LogP contribution in [-0.4, -0.2) is 16.4 Å². The molecule has 0 spiro atoms. The maximum Gasteiger partial charge on any atom is 0.253 e. The van der Waals surface area contributed by atoms with Crippen molar-refractivity contribution in [2.45, 2.75) is 13.5 Å². The molecular weight excluding hydrogens is 314 g/mol. The van der Waals surface area contributed by atoms with Gasteiger partial charge in [-0.05, 0) is 35.9 Å². The number of halogens is 2. The predicted molar refractivity (Wildman–Crippen MR) is 85.8 cm³/mol. The number of amides is 1. The average molecular weight is 328 g/mol. The molecule has 0 aliphatic carbocycles. The highest BCUT2D eigenvalue weighted by Gasteiger charge is 2.17. The number of nitrogens with zero attached hydrogens (tertiary/aromatic N) is 1. The molecule has 122 valence electrons. The zero-order chi connectivity index (χ0) is 17.3. The maximum atomic E-state index is 13.5. The van der Waals surface area contributed by atoms with Crippen LogP contribution in [0.25, 0.3) is 10.9 Å². The Bertz CT molecular complexity index is 930. The van der Waals surface area contributed by atoms with E-state index in [9.17, 15) is 18.4 Å². The van der Waals surface area contributed by atoms with Gasteiger partial charge in [0, 0.05) is 25.1 Å². The van der Waals surface area contributed by atoms with E-state index in [0.717, 1.165) is 5.56 Å². The molecule has 1 heterocycles. The monoisotopic (exact) mass is 328 g/mol. The van der Waals surface area contributed by atoms with Crippen LogP contribution in [0.1, 0.15) is 27.6 Å². The van der Waals surface area contributed by atoms with Gasteiger partial charge in [-0.15, -0.1) is 0 Å². The number of fused-ring (bicyclic) bond motifs is 1. The maximum absolute atomic E-state index is 13.5. The van der Waals surface area contributed by atoms with Crippen LogP contribution in [0.3, 0.4) is 0 Å². The van der Waals surface area contributed by atoms with Gasteiger partial charge in [-0.1, -0.05) is 12.1 Å². The molecule has 0 aliphatic rings. The summed E-state index contributed by atoms with van der Waals surface area (Å²) in [5.41, 5.74) is 1.41. The zero-order valence-corrected chi connectivity index (χ0v) is 12.8. The van der Waals surface area contributed by atoms with Crippen LogP contribution < -0.4 is 5.32 Å². The Balaban J connectivity index is 1.90. The molecule has 0 saturated carbocycles. The molecule has 1 aromatic heterocycles. The van der Waals surface area contributed by atoms with Gasteiger partial charge >= 0.3 is 0 Å². The summed E-state index contributed by atoms with van der Waals surface area (Å²) in [7, 11) is 0.